The fourth-order valence-electron chi connectivity index (χ4n) is 0.662. The van der Waals surface area contributed by atoms with Gasteiger partial charge in [-0.05, 0) is 20.8 Å². The minimum atomic E-state index is -0.286. The molecule has 0 fully saturated rings. The number of nitrogens with one attached hydrogen (secondary N) is 1. The van der Waals surface area contributed by atoms with E-state index in [1.807, 2.05) is 0 Å². The monoisotopic (exact) mass is 183 g/mol. The van der Waals surface area contributed by atoms with Crippen molar-refractivity contribution in [3.05, 3.63) is 24.3 Å². The second-order valence-corrected chi connectivity index (χ2v) is 2.72. The molecule has 0 heterocycles. The van der Waals surface area contributed by atoms with Gasteiger partial charge in [-0.1, -0.05) is 12.2 Å². The van der Waals surface area contributed by atoms with Gasteiger partial charge < -0.3 is 4.74 Å². The maximum Gasteiger partial charge on any atom is 0.334 e. The van der Waals surface area contributed by atoms with Crippen molar-refractivity contribution in [3.63, 3.8) is 0 Å². The van der Waals surface area contributed by atoms with Gasteiger partial charge in [0, 0.05) is 12.1 Å². The van der Waals surface area contributed by atoms with Gasteiger partial charge in [0.25, 0.3) is 0 Å². The largest absolute Gasteiger partial charge is 0.444 e. The van der Waals surface area contributed by atoms with Crippen LogP contribution in [0, 0.1) is 0 Å². The Bertz CT molecular complexity index is 209. The molecule has 1 N–H and O–H groups in total. The summed E-state index contributed by atoms with van der Waals surface area (Å²) in [6.45, 7) is 9.49. The molecule has 0 saturated carbocycles. The zero-order chi connectivity index (χ0) is 10.3. The molecule has 0 aromatic heterocycles. The van der Waals surface area contributed by atoms with Crippen molar-refractivity contribution < 1.29 is 9.53 Å². The van der Waals surface area contributed by atoms with Crippen LogP contribution in [0.1, 0.15) is 20.8 Å². The van der Waals surface area contributed by atoms with E-state index in [0.717, 1.165) is 0 Å². The first-order chi connectivity index (χ1) is 6.11. The van der Waals surface area contributed by atoms with Gasteiger partial charge in [0.15, 0.2) is 6.23 Å². The van der Waals surface area contributed by atoms with Crippen LogP contribution >= 0.6 is 0 Å². The Kier molecular flexibility index (Phi) is 5.89. The van der Waals surface area contributed by atoms with Crippen LogP contribution in [0.5, 0.6) is 0 Å². The Hall–Kier alpha value is -1.09. The predicted octanol–water partition coefficient (Wildman–Crippen LogP) is 1.62. The fourth-order valence-corrected chi connectivity index (χ4v) is 0.662. The van der Waals surface area contributed by atoms with E-state index < -0.39 is 0 Å². The Morgan fingerprint density at radius 2 is 2.31 bits per heavy atom. The molecular weight excluding hydrogens is 166 g/mol. The third-order valence-corrected chi connectivity index (χ3v) is 1.59. The molecule has 0 radical (unpaired) electrons. The fraction of sp³-hybridized carbons (Fsp3) is 0.500. The summed E-state index contributed by atoms with van der Waals surface area (Å²) in [5.41, 5.74) is 0.618. The minimum Gasteiger partial charge on any atom is -0.444 e. The Morgan fingerprint density at radius 3 is 2.77 bits per heavy atom. The summed E-state index contributed by atoms with van der Waals surface area (Å²) < 4.78 is 5.04. The molecule has 0 aliphatic carbocycles. The molecular formula is C10H17NO2. The topological polar surface area (TPSA) is 38.3 Å². The van der Waals surface area contributed by atoms with Crippen LogP contribution in [-0.4, -0.2) is 18.7 Å². The van der Waals surface area contributed by atoms with Crippen molar-refractivity contribution in [1.82, 2.24) is 5.32 Å². The first kappa shape index (κ1) is 11.9. The van der Waals surface area contributed by atoms with E-state index >= 15 is 0 Å². The number of hydrogen-bond acceptors (Lipinski definition) is 3. The molecule has 1 atom stereocenters. The third-order valence-electron chi connectivity index (χ3n) is 1.59. The summed E-state index contributed by atoms with van der Waals surface area (Å²) in [6, 6.07) is 0. The van der Waals surface area contributed by atoms with Crippen LogP contribution in [0.4, 0.5) is 0 Å². The number of rotatable bonds is 5. The summed E-state index contributed by atoms with van der Waals surface area (Å²) in [6.07, 6.45) is 3.16. The molecule has 0 aromatic carbocycles. The van der Waals surface area contributed by atoms with E-state index in [4.69, 9.17) is 4.74 Å². The summed E-state index contributed by atoms with van der Waals surface area (Å²) in [7, 11) is 0. The molecule has 1 unspecified atom stereocenters. The molecule has 0 rings (SSSR count). The minimum absolute atomic E-state index is 0.277. The predicted molar refractivity (Wildman–Crippen MR) is 53.2 cm³/mol. The van der Waals surface area contributed by atoms with E-state index in [2.05, 4.69) is 11.9 Å². The van der Waals surface area contributed by atoms with Gasteiger partial charge in [-0.2, -0.15) is 0 Å². The second kappa shape index (κ2) is 6.43. The average molecular weight is 183 g/mol. The van der Waals surface area contributed by atoms with Crippen LogP contribution in [0.2, 0.25) is 0 Å². The smallest absolute Gasteiger partial charge is 0.334 e. The van der Waals surface area contributed by atoms with Crippen LogP contribution in [0.15, 0.2) is 24.3 Å². The summed E-state index contributed by atoms with van der Waals surface area (Å²) in [4.78, 5) is 11.2. The highest BCUT2D eigenvalue weighted by Crippen LogP contribution is 1.98. The first-order valence-electron chi connectivity index (χ1n) is 4.30. The zero-order valence-electron chi connectivity index (χ0n) is 8.46. The van der Waals surface area contributed by atoms with Crippen LogP contribution < -0.4 is 5.32 Å². The molecule has 3 heteroatoms. The van der Waals surface area contributed by atoms with Crippen LogP contribution in [0.3, 0.4) is 0 Å². The molecule has 0 saturated heterocycles. The molecule has 0 aliphatic rings. The molecule has 0 aromatic rings. The average Bonchev–Trinajstić information content (AvgIpc) is 2.13. The number of esters is 1. The van der Waals surface area contributed by atoms with Crippen molar-refractivity contribution in [2.24, 2.45) is 0 Å². The molecule has 3 nitrogen and oxygen atoms in total. The van der Waals surface area contributed by atoms with Crippen molar-refractivity contribution in [3.8, 4) is 0 Å². The Balaban J connectivity index is 3.84. The quantitative estimate of drug-likeness (QED) is 0.304. The molecule has 13 heavy (non-hydrogen) atoms. The molecule has 74 valence electrons. The van der Waals surface area contributed by atoms with Gasteiger partial charge in [-0.25, -0.2) is 4.79 Å². The van der Waals surface area contributed by atoms with E-state index in [-0.39, 0.29) is 12.2 Å². The Labute approximate surface area is 79.5 Å². The summed E-state index contributed by atoms with van der Waals surface area (Å²) in [5, 5.41) is 2.95. The highest BCUT2D eigenvalue weighted by molar-refractivity contribution is 5.87. The Morgan fingerprint density at radius 1 is 1.69 bits per heavy atom. The maximum absolute atomic E-state index is 11.2. The van der Waals surface area contributed by atoms with Crippen molar-refractivity contribution >= 4 is 5.97 Å². The molecule has 0 spiro atoms. The zero-order valence-corrected chi connectivity index (χ0v) is 8.46. The second-order valence-electron chi connectivity index (χ2n) is 2.72. The highest BCUT2D eigenvalue weighted by atomic mass is 16.6. The number of allylic oxidation sites excluding steroid dienone is 1. The van der Waals surface area contributed by atoms with E-state index in [1.54, 1.807) is 32.9 Å². The van der Waals surface area contributed by atoms with Crippen molar-refractivity contribution in [1.29, 1.82) is 0 Å². The van der Waals surface area contributed by atoms with Gasteiger partial charge in [0.05, 0.1) is 0 Å². The SMILES string of the molecule is C=CCNC(C)OC(=O)/C(C)=C/C. The molecule has 0 amide bonds. The standard InChI is InChI=1S/C10H17NO2/c1-5-7-11-9(4)13-10(12)8(3)6-2/h5-6,9,11H,1,7H2,2-4H3/b8-6+. The normalized spacial score (nSPS) is 13.6. The summed E-state index contributed by atoms with van der Waals surface area (Å²) in [5.74, 6) is -0.286. The lowest BCUT2D eigenvalue weighted by atomic mass is 10.3. The van der Waals surface area contributed by atoms with E-state index in [0.29, 0.717) is 12.1 Å². The lowest BCUT2D eigenvalue weighted by Crippen LogP contribution is -2.31. The van der Waals surface area contributed by atoms with Crippen molar-refractivity contribution in [2.75, 3.05) is 6.54 Å². The van der Waals surface area contributed by atoms with Crippen molar-refractivity contribution in [2.45, 2.75) is 27.0 Å². The van der Waals surface area contributed by atoms with Crippen LogP contribution in [-0.2, 0) is 9.53 Å². The number of carbonyl (C=O) groups is 1. The van der Waals surface area contributed by atoms with Gasteiger partial charge in [0.1, 0.15) is 0 Å². The summed E-state index contributed by atoms with van der Waals surface area (Å²) >= 11 is 0. The lowest BCUT2D eigenvalue weighted by molar-refractivity contribution is -0.144. The number of carbonyl (C=O) groups excluding carboxylic acids is 1. The first-order valence-corrected chi connectivity index (χ1v) is 4.30. The van der Waals surface area contributed by atoms with Gasteiger partial charge in [-0.3, -0.25) is 5.32 Å². The molecule has 0 aliphatic heterocycles. The molecule has 0 bridgehead atoms. The number of hydrogen-bond donors (Lipinski definition) is 1. The lowest BCUT2D eigenvalue weighted by Gasteiger charge is -2.13. The van der Waals surface area contributed by atoms with Gasteiger partial charge in [0.2, 0.25) is 0 Å². The third kappa shape index (κ3) is 5.20. The number of ether oxygens (including phenoxy) is 1. The van der Waals surface area contributed by atoms with E-state index in [1.165, 1.54) is 0 Å². The van der Waals surface area contributed by atoms with Crippen LogP contribution in [0.25, 0.3) is 0 Å². The van der Waals surface area contributed by atoms with Gasteiger partial charge in [-0.15, -0.1) is 6.58 Å². The van der Waals surface area contributed by atoms with E-state index in [9.17, 15) is 4.79 Å². The highest BCUT2D eigenvalue weighted by Gasteiger charge is 2.08. The van der Waals surface area contributed by atoms with Gasteiger partial charge >= 0.3 is 5.97 Å². The maximum atomic E-state index is 11.2.